The monoisotopic (exact) mass is 286 g/mol. The molecule has 1 aliphatic rings. The summed E-state index contributed by atoms with van der Waals surface area (Å²) in [5.74, 6) is 0.667. The van der Waals surface area contributed by atoms with Gasteiger partial charge in [0.1, 0.15) is 0 Å². The second kappa shape index (κ2) is 5.01. The Kier molecular flexibility index (Phi) is 3.17. The zero-order valence-corrected chi connectivity index (χ0v) is 11.4. The van der Waals surface area contributed by atoms with Crippen molar-refractivity contribution in [3.05, 3.63) is 47.1 Å². The van der Waals surface area contributed by atoms with Crippen LogP contribution in [-0.4, -0.2) is 39.9 Å². The number of hydrogen-bond acceptors (Lipinski definition) is 5. The molecule has 2 amide bonds. The molecule has 1 saturated heterocycles. The molecule has 2 aromatic rings. The van der Waals surface area contributed by atoms with E-state index in [9.17, 15) is 9.59 Å². The Bertz CT molecular complexity index is 686. The van der Waals surface area contributed by atoms with Gasteiger partial charge in [0.2, 0.25) is 11.8 Å². The molecule has 0 aliphatic carbocycles. The Labute approximate surface area is 120 Å². The molecule has 3 rings (SSSR count). The minimum Gasteiger partial charge on any atom is -0.366 e. The van der Waals surface area contributed by atoms with Gasteiger partial charge in [-0.3, -0.25) is 9.59 Å². The van der Waals surface area contributed by atoms with Crippen molar-refractivity contribution in [2.24, 2.45) is 5.73 Å². The number of aromatic nitrogens is 2. The van der Waals surface area contributed by atoms with Gasteiger partial charge in [0, 0.05) is 24.2 Å². The lowest BCUT2D eigenvalue weighted by atomic mass is 9.98. The first kappa shape index (κ1) is 13.3. The van der Waals surface area contributed by atoms with Crippen molar-refractivity contribution in [1.29, 1.82) is 0 Å². The molecule has 7 nitrogen and oxygen atoms in total. The molecule has 0 saturated carbocycles. The van der Waals surface area contributed by atoms with E-state index in [1.807, 2.05) is 0 Å². The number of benzene rings is 1. The summed E-state index contributed by atoms with van der Waals surface area (Å²) < 4.78 is 5.09. The number of primary amides is 1. The predicted octanol–water partition coefficient (Wildman–Crippen LogP) is 0.717. The fraction of sp³-hybridized carbons (Fsp3) is 0.286. The van der Waals surface area contributed by atoms with E-state index >= 15 is 0 Å². The van der Waals surface area contributed by atoms with Gasteiger partial charge in [-0.05, 0) is 31.2 Å². The van der Waals surface area contributed by atoms with Crippen molar-refractivity contribution in [1.82, 2.24) is 15.0 Å². The van der Waals surface area contributed by atoms with Crippen molar-refractivity contribution in [2.75, 3.05) is 13.1 Å². The van der Waals surface area contributed by atoms with Gasteiger partial charge >= 0.3 is 0 Å². The van der Waals surface area contributed by atoms with E-state index in [2.05, 4.69) is 10.1 Å². The highest BCUT2D eigenvalue weighted by Gasteiger charge is 2.35. The van der Waals surface area contributed by atoms with Crippen LogP contribution in [0.2, 0.25) is 0 Å². The number of amides is 2. The minimum atomic E-state index is -0.509. The Hall–Kier alpha value is -2.70. The van der Waals surface area contributed by atoms with Crippen LogP contribution in [0.5, 0.6) is 0 Å². The van der Waals surface area contributed by atoms with Crippen LogP contribution in [0, 0.1) is 6.92 Å². The zero-order valence-electron chi connectivity index (χ0n) is 11.4. The predicted molar refractivity (Wildman–Crippen MR) is 72.6 cm³/mol. The van der Waals surface area contributed by atoms with Crippen LogP contribution in [-0.2, 0) is 0 Å². The number of nitrogens with zero attached hydrogens (tertiary/aromatic N) is 3. The number of aryl methyl sites for hydroxylation is 1. The fourth-order valence-corrected chi connectivity index (χ4v) is 2.24. The minimum absolute atomic E-state index is 0.0847. The van der Waals surface area contributed by atoms with Crippen molar-refractivity contribution >= 4 is 11.8 Å². The molecule has 1 aliphatic heterocycles. The smallest absolute Gasteiger partial charge is 0.253 e. The molecule has 0 spiro atoms. The van der Waals surface area contributed by atoms with Gasteiger partial charge in [0.15, 0.2) is 5.82 Å². The first-order chi connectivity index (χ1) is 10.0. The molecule has 1 aromatic heterocycles. The number of rotatable bonds is 3. The topological polar surface area (TPSA) is 102 Å². The lowest BCUT2D eigenvalue weighted by Crippen LogP contribution is -2.48. The molecule has 1 fully saturated rings. The maximum Gasteiger partial charge on any atom is 0.253 e. The summed E-state index contributed by atoms with van der Waals surface area (Å²) in [6.45, 7) is 2.87. The largest absolute Gasteiger partial charge is 0.366 e. The standard InChI is InChI=1S/C14H14N4O3/c1-8-16-13(21-17-8)11-6-18(7-11)14(20)10-4-2-9(3-5-10)12(15)19/h2-5,11H,6-7H2,1H3,(H2,15,19). The summed E-state index contributed by atoms with van der Waals surface area (Å²) in [7, 11) is 0. The molecule has 0 radical (unpaired) electrons. The van der Waals surface area contributed by atoms with Crippen molar-refractivity contribution < 1.29 is 14.1 Å². The number of likely N-dealkylation sites (tertiary alicyclic amines) is 1. The summed E-state index contributed by atoms with van der Waals surface area (Å²) >= 11 is 0. The highest BCUT2D eigenvalue weighted by molar-refractivity contribution is 5.97. The molecular weight excluding hydrogens is 272 g/mol. The number of carbonyl (C=O) groups is 2. The second-order valence-corrected chi connectivity index (χ2v) is 5.03. The van der Waals surface area contributed by atoms with Gasteiger partial charge in [-0.1, -0.05) is 5.16 Å². The summed E-state index contributed by atoms with van der Waals surface area (Å²) in [5, 5.41) is 3.74. The first-order valence-electron chi connectivity index (χ1n) is 6.54. The third-order valence-corrected chi connectivity index (χ3v) is 3.48. The molecule has 2 heterocycles. The highest BCUT2D eigenvalue weighted by atomic mass is 16.5. The van der Waals surface area contributed by atoms with Gasteiger partial charge in [-0.2, -0.15) is 4.98 Å². The average Bonchev–Trinajstić information content (AvgIpc) is 2.83. The van der Waals surface area contributed by atoms with Gasteiger partial charge in [0.05, 0.1) is 5.92 Å². The van der Waals surface area contributed by atoms with E-state index in [4.69, 9.17) is 10.3 Å². The Balaban J connectivity index is 1.64. The van der Waals surface area contributed by atoms with E-state index in [-0.39, 0.29) is 11.8 Å². The van der Waals surface area contributed by atoms with E-state index < -0.39 is 5.91 Å². The van der Waals surface area contributed by atoms with Crippen LogP contribution in [0.25, 0.3) is 0 Å². The van der Waals surface area contributed by atoms with Crippen LogP contribution in [0.1, 0.15) is 38.3 Å². The van der Waals surface area contributed by atoms with E-state index in [0.717, 1.165) is 0 Å². The first-order valence-corrected chi connectivity index (χ1v) is 6.54. The molecule has 0 atom stereocenters. The van der Waals surface area contributed by atoms with E-state index in [1.54, 1.807) is 36.1 Å². The lowest BCUT2D eigenvalue weighted by molar-refractivity contribution is 0.0569. The SMILES string of the molecule is Cc1noc(C2CN(C(=O)c3ccc(C(N)=O)cc3)C2)n1. The van der Waals surface area contributed by atoms with Crippen LogP contribution in [0.4, 0.5) is 0 Å². The maximum absolute atomic E-state index is 12.2. The third kappa shape index (κ3) is 2.49. The van der Waals surface area contributed by atoms with Crippen molar-refractivity contribution in [3.63, 3.8) is 0 Å². The molecular formula is C14H14N4O3. The normalized spacial score (nSPS) is 14.8. The molecule has 0 unspecified atom stereocenters. The Morgan fingerprint density at radius 2 is 1.86 bits per heavy atom. The molecule has 21 heavy (non-hydrogen) atoms. The fourth-order valence-electron chi connectivity index (χ4n) is 2.24. The summed E-state index contributed by atoms with van der Waals surface area (Å²) in [6.07, 6.45) is 0. The van der Waals surface area contributed by atoms with Gasteiger partial charge in [-0.25, -0.2) is 0 Å². The average molecular weight is 286 g/mol. The van der Waals surface area contributed by atoms with Gasteiger partial charge < -0.3 is 15.2 Å². The van der Waals surface area contributed by atoms with Crippen molar-refractivity contribution in [2.45, 2.75) is 12.8 Å². The summed E-state index contributed by atoms with van der Waals surface area (Å²) in [6, 6.07) is 6.31. The van der Waals surface area contributed by atoms with Gasteiger partial charge in [-0.15, -0.1) is 0 Å². The number of nitrogens with two attached hydrogens (primary N) is 1. The third-order valence-electron chi connectivity index (χ3n) is 3.48. The molecule has 7 heteroatoms. The molecule has 1 aromatic carbocycles. The van der Waals surface area contributed by atoms with Gasteiger partial charge in [0.25, 0.3) is 5.91 Å². The van der Waals surface area contributed by atoms with Crippen LogP contribution >= 0.6 is 0 Å². The summed E-state index contributed by atoms with van der Waals surface area (Å²) in [5.41, 5.74) is 6.08. The molecule has 2 N–H and O–H groups in total. The second-order valence-electron chi connectivity index (χ2n) is 5.03. The zero-order chi connectivity index (χ0) is 15.0. The van der Waals surface area contributed by atoms with E-state index in [0.29, 0.717) is 35.9 Å². The highest BCUT2D eigenvalue weighted by Crippen LogP contribution is 2.27. The number of carbonyl (C=O) groups excluding carboxylic acids is 2. The number of hydrogen-bond donors (Lipinski definition) is 1. The molecule has 108 valence electrons. The summed E-state index contributed by atoms with van der Waals surface area (Å²) in [4.78, 5) is 29.1. The van der Waals surface area contributed by atoms with Crippen LogP contribution < -0.4 is 5.73 Å². The molecule has 0 bridgehead atoms. The van der Waals surface area contributed by atoms with Crippen LogP contribution in [0.15, 0.2) is 28.8 Å². The maximum atomic E-state index is 12.2. The van der Waals surface area contributed by atoms with Crippen LogP contribution in [0.3, 0.4) is 0 Å². The Morgan fingerprint density at radius 3 is 2.38 bits per heavy atom. The Morgan fingerprint density at radius 1 is 1.24 bits per heavy atom. The quantitative estimate of drug-likeness (QED) is 0.895. The van der Waals surface area contributed by atoms with Crippen molar-refractivity contribution in [3.8, 4) is 0 Å². The van der Waals surface area contributed by atoms with E-state index in [1.165, 1.54) is 0 Å². The lowest BCUT2D eigenvalue weighted by Gasteiger charge is -2.37.